The van der Waals surface area contributed by atoms with Gasteiger partial charge in [0.2, 0.25) is 11.8 Å². The third-order valence-corrected chi connectivity index (χ3v) is 3.78. The zero-order valence-corrected chi connectivity index (χ0v) is 15.1. The lowest BCUT2D eigenvalue weighted by molar-refractivity contribution is -0.142. The Bertz CT molecular complexity index is 616. The van der Waals surface area contributed by atoms with Gasteiger partial charge in [-0.25, -0.2) is 9.78 Å². The van der Waals surface area contributed by atoms with Gasteiger partial charge in [0.15, 0.2) is 0 Å². The molecule has 1 heterocycles. The number of aromatic nitrogens is 2. The van der Waals surface area contributed by atoms with Crippen molar-refractivity contribution in [3.05, 3.63) is 18.2 Å². The largest absolute Gasteiger partial charge is 0.480 e. The van der Waals surface area contributed by atoms with E-state index in [0.717, 1.165) is 0 Å². The van der Waals surface area contributed by atoms with Crippen LogP contribution in [0.4, 0.5) is 0 Å². The Kier molecular flexibility index (Phi) is 8.73. The Labute approximate surface area is 152 Å². The minimum absolute atomic E-state index is 0.125. The third-order valence-electron chi connectivity index (χ3n) is 3.78. The number of imidazole rings is 1. The molecule has 0 saturated heterocycles. The Morgan fingerprint density at radius 1 is 1.23 bits per heavy atom. The molecule has 0 radical (unpaired) electrons. The van der Waals surface area contributed by atoms with Crippen LogP contribution < -0.4 is 22.1 Å². The molecular weight excluding hydrogens is 340 g/mol. The summed E-state index contributed by atoms with van der Waals surface area (Å²) in [5.74, 6) is -2.23. The summed E-state index contributed by atoms with van der Waals surface area (Å²) in [6, 6.07) is -2.82. The number of nitrogens with one attached hydrogen (secondary N) is 2. The summed E-state index contributed by atoms with van der Waals surface area (Å²) in [6.07, 6.45) is 4.91. The molecule has 3 atom stereocenters. The average molecular weight is 368 g/mol. The maximum absolute atomic E-state index is 12.6. The van der Waals surface area contributed by atoms with E-state index in [1.807, 2.05) is 0 Å². The second-order valence-corrected chi connectivity index (χ2v) is 6.27. The van der Waals surface area contributed by atoms with Gasteiger partial charge in [-0.1, -0.05) is 0 Å². The van der Waals surface area contributed by atoms with E-state index in [4.69, 9.17) is 11.5 Å². The number of hydrogen-bond donors (Lipinski definition) is 5. The van der Waals surface area contributed by atoms with Crippen molar-refractivity contribution in [1.29, 1.82) is 0 Å². The fourth-order valence-electron chi connectivity index (χ4n) is 2.32. The molecule has 0 aliphatic rings. The number of carboxylic acids is 1. The molecule has 1 aromatic rings. The molecule has 10 heteroatoms. The van der Waals surface area contributed by atoms with E-state index in [-0.39, 0.29) is 12.8 Å². The van der Waals surface area contributed by atoms with Crippen LogP contribution in [0.25, 0.3) is 0 Å². The lowest BCUT2D eigenvalue weighted by Crippen LogP contribution is -2.54. The number of hydrogen-bond acceptors (Lipinski definition) is 6. The van der Waals surface area contributed by atoms with Gasteiger partial charge < -0.3 is 31.8 Å². The van der Waals surface area contributed by atoms with Crippen LogP contribution in [0.3, 0.4) is 0 Å². The molecule has 0 bridgehead atoms. The number of rotatable bonds is 11. The first-order chi connectivity index (χ1) is 12.2. The monoisotopic (exact) mass is 368 g/mol. The van der Waals surface area contributed by atoms with Crippen LogP contribution in [-0.2, 0) is 27.9 Å². The Hall–Kier alpha value is -2.46. The third kappa shape index (κ3) is 7.19. The summed E-state index contributed by atoms with van der Waals surface area (Å²) in [5.41, 5.74) is 11.5. The van der Waals surface area contributed by atoms with E-state index in [1.54, 1.807) is 24.1 Å². The molecule has 1 rings (SSSR count). The number of aryl methyl sites for hydroxylation is 1. The molecule has 26 heavy (non-hydrogen) atoms. The molecule has 0 aromatic carbocycles. The molecule has 0 spiro atoms. The van der Waals surface area contributed by atoms with Gasteiger partial charge in [0, 0.05) is 19.7 Å². The van der Waals surface area contributed by atoms with Crippen molar-refractivity contribution in [2.45, 2.75) is 50.7 Å². The highest BCUT2D eigenvalue weighted by Crippen LogP contribution is 2.05. The standard InChI is InChI=1S/C16H28N6O4/c1-10(18)14(23)21-13(7-11-8-22(2)9-19-11)15(24)20-12(16(25)26)5-3-4-6-17/h8-10,12-13H,3-7,17-18H2,1-2H3,(H,20,24)(H,21,23)(H,25,26). The van der Waals surface area contributed by atoms with Crippen molar-refractivity contribution in [3.8, 4) is 0 Å². The van der Waals surface area contributed by atoms with E-state index in [2.05, 4.69) is 15.6 Å². The molecule has 10 nitrogen and oxygen atoms in total. The highest BCUT2D eigenvalue weighted by atomic mass is 16.4. The number of carbonyl (C=O) groups is 3. The van der Waals surface area contributed by atoms with Gasteiger partial charge in [-0.15, -0.1) is 0 Å². The van der Waals surface area contributed by atoms with Gasteiger partial charge in [-0.2, -0.15) is 0 Å². The van der Waals surface area contributed by atoms with Gasteiger partial charge in [0.25, 0.3) is 0 Å². The number of carboxylic acid groups (broad SMARTS) is 1. The van der Waals surface area contributed by atoms with Crippen molar-refractivity contribution in [1.82, 2.24) is 20.2 Å². The second-order valence-electron chi connectivity index (χ2n) is 6.27. The van der Waals surface area contributed by atoms with Crippen LogP contribution in [0.5, 0.6) is 0 Å². The van der Waals surface area contributed by atoms with Gasteiger partial charge >= 0.3 is 5.97 Å². The van der Waals surface area contributed by atoms with Crippen molar-refractivity contribution in [2.75, 3.05) is 6.54 Å². The Morgan fingerprint density at radius 3 is 2.38 bits per heavy atom. The lowest BCUT2D eigenvalue weighted by atomic mass is 10.1. The summed E-state index contributed by atoms with van der Waals surface area (Å²) in [7, 11) is 1.78. The average Bonchev–Trinajstić information content (AvgIpc) is 2.97. The maximum Gasteiger partial charge on any atom is 0.326 e. The number of amides is 2. The van der Waals surface area contributed by atoms with E-state index < -0.39 is 35.9 Å². The van der Waals surface area contributed by atoms with E-state index in [1.165, 1.54) is 6.92 Å². The van der Waals surface area contributed by atoms with Gasteiger partial charge in [0.05, 0.1) is 18.1 Å². The normalized spacial score (nSPS) is 14.3. The number of nitrogens with zero attached hydrogens (tertiary/aromatic N) is 2. The summed E-state index contributed by atoms with van der Waals surface area (Å²) in [6.45, 7) is 1.95. The highest BCUT2D eigenvalue weighted by Gasteiger charge is 2.27. The molecule has 2 amide bonds. The molecule has 3 unspecified atom stereocenters. The number of nitrogens with two attached hydrogens (primary N) is 2. The number of aliphatic carboxylic acids is 1. The number of unbranched alkanes of at least 4 members (excludes halogenated alkanes) is 1. The second kappa shape index (κ2) is 10.5. The van der Waals surface area contributed by atoms with Crippen molar-refractivity contribution < 1.29 is 19.5 Å². The molecular formula is C16H28N6O4. The van der Waals surface area contributed by atoms with Crippen molar-refractivity contribution >= 4 is 17.8 Å². The number of carbonyl (C=O) groups excluding carboxylic acids is 2. The topological polar surface area (TPSA) is 165 Å². The van der Waals surface area contributed by atoms with Crippen LogP contribution in [0.15, 0.2) is 12.5 Å². The van der Waals surface area contributed by atoms with Crippen molar-refractivity contribution in [3.63, 3.8) is 0 Å². The summed E-state index contributed by atoms with van der Waals surface area (Å²) >= 11 is 0. The highest BCUT2D eigenvalue weighted by molar-refractivity contribution is 5.91. The van der Waals surface area contributed by atoms with Gasteiger partial charge in [-0.3, -0.25) is 9.59 Å². The first-order valence-corrected chi connectivity index (χ1v) is 8.50. The maximum atomic E-state index is 12.6. The summed E-state index contributed by atoms with van der Waals surface area (Å²) < 4.78 is 1.71. The van der Waals surface area contributed by atoms with E-state index >= 15 is 0 Å². The van der Waals surface area contributed by atoms with Crippen LogP contribution >= 0.6 is 0 Å². The molecule has 1 aromatic heterocycles. The first kappa shape index (κ1) is 21.6. The van der Waals surface area contributed by atoms with E-state index in [9.17, 15) is 19.5 Å². The molecule has 0 aliphatic heterocycles. The van der Waals surface area contributed by atoms with Crippen LogP contribution in [0.1, 0.15) is 31.9 Å². The Balaban J connectivity index is 2.83. The lowest BCUT2D eigenvalue weighted by Gasteiger charge is -2.21. The van der Waals surface area contributed by atoms with E-state index in [0.29, 0.717) is 25.1 Å². The van der Waals surface area contributed by atoms with Crippen LogP contribution in [0, 0.1) is 0 Å². The predicted molar refractivity (Wildman–Crippen MR) is 95.0 cm³/mol. The predicted octanol–water partition coefficient (Wildman–Crippen LogP) is -1.51. The molecule has 0 fully saturated rings. The van der Waals surface area contributed by atoms with Crippen LogP contribution in [0.2, 0.25) is 0 Å². The summed E-state index contributed by atoms with van der Waals surface area (Å²) in [4.78, 5) is 40.0. The minimum Gasteiger partial charge on any atom is -0.480 e. The fraction of sp³-hybridized carbons (Fsp3) is 0.625. The SMILES string of the molecule is CC(N)C(=O)NC(Cc1cn(C)cn1)C(=O)NC(CCCCN)C(=O)O. The van der Waals surface area contributed by atoms with Crippen molar-refractivity contribution in [2.24, 2.45) is 18.5 Å². The molecule has 0 saturated carbocycles. The van der Waals surface area contributed by atoms with Crippen LogP contribution in [-0.4, -0.2) is 57.1 Å². The first-order valence-electron chi connectivity index (χ1n) is 8.50. The molecule has 146 valence electrons. The quantitative estimate of drug-likeness (QED) is 0.296. The van der Waals surface area contributed by atoms with Gasteiger partial charge in [-0.05, 0) is 32.7 Å². The minimum atomic E-state index is -1.13. The Morgan fingerprint density at radius 2 is 1.88 bits per heavy atom. The zero-order chi connectivity index (χ0) is 19.7. The molecule has 7 N–H and O–H groups in total. The smallest absolute Gasteiger partial charge is 0.326 e. The molecule has 0 aliphatic carbocycles. The zero-order valence-electron chi connectivity index (χ0n) is 15.1. The fourth-order valence-corrected chi connectivity index (χ4v) is 2.32. The summed E-state index contributed by atoms with van der Waals surface area (Å²) in [5, 5.41) is 14.3. The van der Waals surface area contributed by atoms with Gasteiger partial charge in [0.1, 0.15) is 12.1 Å².